The Bertz CT molecular complexity index is 1020. The van der Waals surface area contributed by atoms with E-state index in [1.807, 2.05) is 37.4 Å². The fraction of sp³-hybridized carbons (Fsp3) is 0.304. The van der Waals surface area contributed by atoms with Crippen molar-refractivity contribution >= 4 is 17.5 Å². The number of aromatic nitrogens is 3. The largest absolute Gasteiger partial charge is 0.496 e. The maximum absolute atomic E-state index is 11.8. The molecule has 0 aliphatic heterocycles. The van der Waals surface area contributed by atoms with Crippen LogP contribution in [0.3, 0.4) is 0 Å². The molecule has 31 heavy (non-hydrogen) atoms. The molecule has 1 amide bonds. The van der Waals surface area contributed by atoms with Gasteiger partial charge in [0.15, 0.2) is 0 Å². The highest BCUT2D eigenvalue weighted by Gasteiger charge is 2.12. The predicted molar refractivity (Wildman–Crippen MR) is 123 cm³/mol. The molecule has 1 aromatic carbocycles. The van der Waals surface area contributed by atoms with Gasteiger partial charge in [-0.25, -0.2) is 15.0 Å². The fourth-order valence-electron chi connectivity index (χ4n) is 3.23. The average molecular weight is 421 g/mol. The van der Waals surface area contributed by atoms with Crippen molar-refractivity contribution in [1.82, 2.24) is 20.3 Å². The maximum Gasteiger partial charge on any atom is 0.251 e. The van der Waals surface area contributed by atoms with Crippen molar-refractivity contribution in [3.8, 4) is 17.0 Å². The minimum atomic E-state index is -0.130. The molecule has 8 nitrogen and oxygen atoms in total. The Morgan fingerprint density at radius 3 is 2.58 bits per heavy atom. The third kappa shape index (κ3) is 5.69. The lowest BCUT2D eigenvalue weighted by molar-refractivity contribution is 0.0962. The van der Waals surface area contributed by atoms with Gasteiger partial charge in [-0.2, -0.15) is 0 Å². The molecule has 0 radical (unpaired) electrons. The van der Waals surface area contributed by atoms with Crippen molar-refractivity contribution in [1.29, 1.82) is 0 Å². The molecule has 0 aliphatic carbocycles. The average Bonchev–Trinajstić information content (AvgIpc) is 2.82. The number of anilines is 2. The molecule has 0 saturated carbocycles. The molecule has 8 heteroatoms. The van der Waals surface area contributed by atoms with Gasteiger partial charge in [-0.3, -0.25) is 4.79 Å². The molecule has 2 heterocycles. The van der Waals surface area contributed by atoms with Crippen molar-refractivity contribution in [2.24, 2.45) is 5.92 Å². The molecule has 0 bridgehead atoms. The summed E-state index contributed by atoms with van der Waals surface area (Å²) in [4.78, 5) is 24.9. The lowest BCUT2D eigenvalue weighted by atomic mass is 9.98. The highest BCUT2D eigenvalue weighted by atomic mass is 16.5. The Kier molecular flexibility index (Phi) is 7.37. The number of hydrogen-bond acceptors (Lipinski definition) is 7. The number of hydrogen-bond donors (Lipinski definition) is 3. The van der Waals surface area contributed by atoms with Gasteiger partial charge in [-0.1, -0.05) is 13.0 Å². The van der Waals surface area contributed by atoms with E-state index in [1.54, 1.807) is 32.7 Å². The van der Waals surface area contributed by atoms with Gasteiger partial charge in [0.25, 0.3) is 5.91 Å². The summed E-state index contributed by atoms with van der Waals surface area (Å²) in [6.07, 6.45) is 4.14. The van der Waals surface area contributed by atoms with E-state index in [9.17, 15) is 4.79 Å². The minimum Gasteiger partial charge on any atom is -0.496 e. The number of benzene rings is 1. The van der Waals surface area contributed by atoms with Crippen LogP contribution in [0.2, 0.25) is 0 Å². The van der Waals surface area contributed by atoms with Gasteiger partial charge in [0, 0.05) is 44.0 Å². The summed E-state index contributed by atoms with van der Waals surface area (Å²) in [5.74, 6) is 2.47. The van der Waals surface area contributed by atoms with Crippen molar-refractivity contribution in [2.45, 2.75) is 13.3 Å². The number of carbonyl (C=O) groups is 1. The highest BCUT2D eigenvalue weighted by Crippen LogP contribution is 2.24. The summed E-state index contributed by atoms with van der Waals surface area (Å²) in [7, 11) is 5.07. The van der Waals surface area contributed by atoms with Gasteiger partial charge in [-0.15, -0.1) is 0 Å². The summed E-state index contributed by atoms with van der Waals surface area (Å²) in [6.45, 7) is 2.88. The van der Waals surface area contributed by atoms with Gasteiger partial charge in [0.1, 0.15) is 23.7 Å². The van der Waals surface area contributed by atoms with Crippen molar-refractivity contribution in [2.75, 3.05) is 38.4 Å². The quantitative estimate of drug-likeness (QED) is 0.488. The van der Waals surface area contributed by atoms with Crippen LogP contribution in [0.25, 0.3) is 11.3 Å². The molecule has 0 spiro atoms. The number of amides is 1. The normalized spacial score (nSPS) is 11.5. The molecular formula is C23H28N6O2. The van der Waals surface area contributed by atoms with E-state index in [0.717, 1.165) is 47.2 Å². The van der Waals surface area contributed by atoms with E-state index in [4.69, 9.17) is 4.74 Å². The van der Waals surface area contributed by atoms with E-state index in [1.165, 1.54) is 0 Å². The number of carbonyl (C=O) groups excluding carboxylic acids is 1. The first-order chi connectivity index (χ1) is 15.0. The first-order valence-electron chi connectivity index (χ1n) is 10.1. The number of methoxy groups -OCH3 is 1. The zero-order valence-corrected chi connectivity index (χ0v) is 18.3. The van der Waals surface area contributed by atoms with Crippen molar-refractivity contribution in [3.05, 3.63) is 60.0 Å². The maximum atomic E-state index is 11.8. The molecule has 162 valence electrons. The lowest BCUT2D eigenvalue weighted by Gasteiger charge is -2.16. The molecule has 1 unspecified atom stereocenters. The standard InChI is InChI=1S/C23H28N6O2/c1-15(9-16-5-6-17(23(30)25-3)10-20(16)31-4)12-26-22-11-19(28-14-29-22)18-7-8-21(24-2)27-13-18/h5-8,10-11,13-15H,9,12H2,1-4H3,(H,24,27)(H,25,30)(H,26,28,29). The number of nitrogens with zero attached hydrogens (tertiary/aromatic N) is 3. The number of nitrogens with one attached hydrogen (secondary N) is 3. The molecule has 0 saturated heterocycles. The predicted octanol–water partition coefficient (Wildman–Crippen LogP) is 3.24. The summed E-state index contributed by atoms with van der Waals surface area (Å²) < 4.78 is 5.49. The monoisotopic (exact) mass is 420 g/mol. The molecule has 3 rings (SSSR count). The SMILES string of the molecule is CNC(=O)c1ccc(CC(C)CNc2cc(-c3ccc(NC)nc3)ncn2)c(OC)c1. The van der Waals surface area contributed by atoms with Gasteiger partial charge >= 0.3 is 0 Å². The van der Waals surface area contributed by atoms with Crippen LogP contribution >= 0.6 is 0 Å². The molecular weight excluding hydrogens is 392 g/mol. The van der Waals surface area contributed by atoms with Crippen molar-refractivity contribution in [3.63, 3.8) is 0 Å². The Hall–Kier alpha value is -3.68. The van der Waals surface area contributed by atoms with Crippen LogP contribution < -0.4 is 20.7 Å². The summed E-state index contributed by atoms with van der Waals surface area (Å²) in [5, 5.41) is 9.02. The molecule has 0 fully saturated rings. The summed E-state index contributed by atoms with van der Waals surface area (Å²) in [6, 6.07) is 11.4. The minimum absolute atomic E-state index is 0.130. The molecule has 3 N–H and O–H groups in total. The van der Waals surface area contributed by atoms with Crippen LogP contribution in [-0.4, -0.2) is 48.6 Å². The number of pyridine rings is 1. The zero-order chi connectivity index (χ0) is 22.2. The molecule has 3 aromatic rings. The Morgan fingerprint density at radius 1 is 1.06 bits per heavy atom. The first-order valence-corrected chi connectivity index (χ1v) is 10.1. The number of ether oxygens (including phenoxy) is 1. The topological polar surface area (TPSA) is 101 Å². The molecule has 1 atom stereocenters. The summed E-state index contributed by atoms with van der Waals surface area (Å²) >= 11 is 0. The second-order valence-corrected chi connectivity index (χ2v) is 7.27. The lowest BCUT2D eigenvalue weighted by Crippen LogP contribution is -2.18. The van der Waals surface area contributed by atoms with E-state index >= 15 is 0 Å². The van der Waals surface area contributed by atoms with Crippen LogP contribution in [0.4, 0.5) is 11.6 Å². The van der Waals surface area contributed by atoms with Gasteiger partial charge < -0.3 is 20.7 Å². The Morgan fingerprint density at radius 2 is 1.90 bits per heavy atom. The number of rotatable bonds is 9. The van der Waals surface area contributed by atoms with Gasteiger partial charge in [-0.05, 0) is 42.2 Å². The summed E-state index contributed by atoms with van der Waals surface area (Å²) in [5.41, 5.74) is 3.38. The van der Waals surface area contributed by atoms with Gasteiger partial charge in [0.05, 0.1) is 12.8 Å². The Labute approximate surface area is 182 Å². The Balaban J connectivity index is 1.63. The van der Waals surface area contributed by atoms with Crippen LogP contribution in [-0.2, 0) is 6.42 Å². The third-order valence-electron chi connectivity index (χ3n) is 4.96. The van der Waals surface area contributed by atoms with E-state index in [0.29, 0.717) is 11.5 Å². The van der Waals surface area contributed by atoms with E-state index in [-0.39, 0.29) is 5.91 Å². The van der Waals surface area contributed by atoms with Crippen LogP contribution in [0.5, 0.6) is 5.75 Å². The molecule has 2 aromatic heterocycles. The van der Waals surface area contributed by atoms with Crippen LogP contribution in [0.1, 0.15) is 22.8 Å². The van der Waals surface area contributed by atoms with Crippen LogP contribution in [0, 0.1) is 5.92 Å². The van der Waals surface area contributed by atoms with Crippen molar-refractivity contribution < 1.29 is 9.53 Å². The smallest absolute Gasteiger partial charge is 0.251 e. The zero-order valence-electron chi connectivity index (χ0n) is 18.3. The van der Waals surface area contributed by atoms with Gasteiger partial charge in [0.2, 0.25) is 0 Å². The fourth-order valence-corrected chi connectivity index (χ4v) is 3.23. The molecule has 0 aliphatic rings. The third-order valence-corrected chi connectivity index (χ3v) is 4.96. The second kappa shape index (κ2) is 10.4. The van der Waals surface area contributed by atoms with Crippen LogP contribution in [0.15, 0.2) is 48.9 Å². The van der Waals surface area contributed by atoms with E-state index in [2.05, 4.69) is 37.8 Å². The first kappa shape index (κ1) is 22.0. The highest BCUT2D eigenvalue weighted by molar-refractivity contribution is 5.94. The van der Waals surface area contributed by atoms with E-state index < -0.39 is 0 Å². The second-order valence-electron chi connectivity index (χ2n) is 7.27.